The van der Waals surface area contributed by atoms with Crippen LogP contribution in [-0.4, -0.2) is 0 Å². The summed E-state index contributed by atoms with van der Waals surface area (Å²) in [7, 11) is 0. The molecule has 0 heterocycles. The minimum absolute atomic E-state index is 0.275. The molecule has 0 bridgehead atoms. The number of rotatable bonds is 2. The van der Waals surface area contributed by atoms with Crippen molar-refractivity contribution < 1.29 is 4.39 Å². The van der Waals surface area contributed by atoms with Gasteiger partial charge in [0, 0.05) is 0 Å². The van der Waals surface area contributed by atoms with Crippen LogP contribution in [0.15, 0.2) is 22.7 Å². The van der Waals surface area contributed by atoms with Crippen LogP contribution in [0, 0.1) is 22.6 Å². The molecule has 0 aliphatic carbocycles. The van der Waals surface area contributed by atoms with Gasteiger partial charge in [-0.05, 0) is 53.9 Å². The number of nitriles is 1. The van der Waals surface area contributed by atoms with E-state index in [2.05, 4.69) is 22.0 Å². The summed E-state index contributed by atoms with van der Waals surface area (Å²) in [6.45, 7) is 3.73. The Morgan fingerprint density at radius 1 is 1.50 bits per heavy atom. The minimum atomic E-state index is -0.405. The van der Waals surface area contributed by atoms with E-state index in [1.807, 2.05) is 13.8 Å². The highest BCUT2D eigenvalue weighted by Crippen LogP contribution is 2.24. The molecular formula is C11H11BrFN. The molecular weight excluding hydrogens is 245 g/mol. The monoisotopic (exact) mass is 255 g/mol. The molecule has 0 unspecified atom stereocenters. The van der Waals surface area contributed by atoms with Crippen molar-refractivity contribution in [3.05, 3.63) is 34.1 Å². The first-order valence-electron chi connectivity index (χ1n) is 4.30. The van der Waals surface area contributed by atoms with Crippen LogP contribution in [0.3, 0.4) is 0 Å². The van der Waals surface area contributed by atoms with Gasteiger partial charge in [-0.15, -0.1) is 0 Å². The summed E-state index contributed by atoms with van der Waals surface area (Å²) in [4.78, 5) is 0. The Hall–Kier alpha value is -0.880. The van der Waals surface area contributed by atoms with Gasteiger partial charge >= 0.3 is 0 Å². The van der Waals surface area contributed by atoms with Crippen LogP contribution in [0.2, 0.25) is 0 Å². The molecule has 0 saturated heterocycles. The predicted molar refractivity (Wildman–Crippen MR) is 57.2 cm³/mol. The van der Waals surface area contributed by atoms with E-state index < -0.39 is 5.41 Å². The van der Waals surface area contributed by atoms with Crippen molar-refractivity contribution in [1.29, 1.82) is 5.26 Å². The van der Waals surface area contributed by atoms with Gasteiger partial charge in [-0.25, -0.2) is 4.39 Å². The Morgan fingerprint density at radius 3 is 2.64 bits per heavy atom. The van der Waals surface area contributed by atoms with Crippen molar-refractivity contribution in [2.24, 2.45) is 5.41 Å². The predicted octanol–water partition coefficient (Wildman–Crippen LogP) is 3.68. The van der Waals surface area contributed by atoms with Gasteiger partial charge in [0.2, 0.25) is 0 Å². The third-order valence-electron chi connectivity index (χ3n) is 1.93. The summed E-state index contributed by atoms with van der Waals surface area (Å²) in [6.07, 6.45) is 0.627. The fourth-order valence-electron chi connectivity index (χ4n) is 1.20. The van der Waals surface area contributed by atoms with E-state index in [0.717, 1.165) is 5.56 Å². The fraction of sp³-hybridized carbons (Fsp3) is 0.364. The maximum atomic E-state index is 12.9. The topological polar surface area (TPSA) is 23.8 Å². The lowest BCUT2D eigenvalue weighted by molar-refractivity contribution is 0.492. The Bertz CT molecular complexity index is 379. The number of benzene rings is 1. The van der Waals surface area contributed by atoms with Gasteiger partial charge in [0.1, 0.15) is 5.82 Å². The highest BCUT2D eigenvalue weighted by Gasteiger charge is 2.17. The van der Waals surface area contributed by atoms with Crippen LogP contribution in [0.5, 0.6) is 0 Å². The summed E-state index contributed by atoms with van der Waals surface area (Å²) in [5.74, 6) is -0.275. The van der Waals surface area contributed by atoms with Crippen LogP contribution >= 0.6 is 15.9 Å². The summed E-state index contributed by atoms with van der Waals surface area (Å²) < 4.78 is 13.3. The molecule has 0 atom stereocenters. The highest BCUT2D eigenvalue weighted by molar-refractivity contribution is 9.10. The Morgan fingerprint density at radius 2 is 2.14 bits per heavy atom. The van der Waals surface area contributed by atoms with Gasteiger partial charge in [0.05, 0.1) is 16.0 Å². The number of nitrogens with zero attached hydrogens (tertiary/aromatic N) is 1. The van der Waals surface area contributed by atoms with Crippen molar-refractivity contribution >= 4 is 15.9 Å². The number of halogens is 2. The average Bonchev–Trinajstić information content (AvgIpc) is 2.11. The van der Waals surface area contributed by atoms with E-state index in [9.17, 15) is 4.39 Å². The van der Waals surface area contributed by atoms with Crippen LogP contribution in [0.4, 0.5) is 4.39 Å². The molecule has 74 valence electrons. The van der Waals surface area contributed by atoms with Crippen molar-refractivity contribution in [3.63, 3.8) is 0 Å². The van der Waals surface area contributed by atoms with Gasteiger partial charge in [0.15, 0.2) is 0 Å². The molecule has 1 nitrogen and oxygen atoms in total. The lowest BCUT2D eigenvalue weighted by atomic mass is 9.87. The van der Waals surface area contributed by atoms with Crippen molar-refractivity contribution in [3.8, 4) is 6.07 Å². The second kappa shape index (κ2) is 4.10. The first-order valence-corrected chi connectivity index (χ1v) is 5.09. The van der Waals surface area contributed by atoms with Crippen molar-refractivity contribution in [2.75, 3.05) is 0 Å². The van der Waals surface area contributed by atoms with E-state index in [1.54, 1.807) is 12.1 Å². The third kappa shape index (κ3) is 2.81. The Labute approximate surface area is 91.7 Å². The van der Waals surface area contributed by atoms with Crippen molar-refractivity contribution in [2.45, 2.75) is 20.3 Å². The second-order valence-corrected chi connectivity index (χ2v) is 4.78. The maximum absolute atomic E-state index is 12.9. The van der Waals surface area contributed by atoms with E-state index >= 15 is 0 Å². The minimum Gasteiger partial charge on any atom is -0.206 e. The summed E-state index contributed by atoms with van der Waals surface area (Å²) in [5.41, 5.74) is 0.557. The molecule has 0 aliphatic heterocycles. The molecule has 0 amide bonds. The second-order valence-electron chi connectivity index (χ2n) is 3.92. The van der Waals surface area contributed by atoms with Crippen LogP contribution < -0.4 is 0 Å². The zero-order valence-electron chi connectivity index (χ0n) is 8.14. The Kier molecular flexibility index (Phi) is 3.28. The molecule has 0 aliphatic rings. The summed E-state index contributed by atoms with van der Waals surface area (Å²) >= 11 is 3.12. The highest BCUT2D eigenvalue weighted by atomic mass is 79.9. The average molecular weight is 256 g/mol. The van der Waals surface area contributed by atoms with Gasteiger partial charge in [-0.1, -0.05) is 6.07 Å². The zero-order valence-corrected chi connectivity index (χ0v) is 9.73. The molecule has 0 saturated carbocycles. The first-order chi connectivity index (χ1) is 6.44. The van der Waals surface area contributed by atoms with E-state index in [4.69, 9.17) is 5.26 Å². The molecule has 0 N–H and O–H groups in total. The summed E-state index contributed by atoms with van der Waals surface area (Å²) in [5, 5.41) is 8.84. The van der Waals surface area contributed by atoms with Crippen LogP contribution in [0.1, 0.15) is 19.4 Å². The molecule has 0 radical (unpaired) electrons. The molecule has 1 aromatic carbocycles. The van der Waals surface area contributed by atoms with Crippen LogP contribution in [0.25, 0.3) is 0 Å². The standard InChI is InChI=1S/C11H11BrFN/c1-11(2,7-14)6-8-3-4-10(13)9(12)5-8/h3-5H,6H2,1-2H3. The molecule has 1 aromatic rings. The third-order valence-corrected chi connectivity index (χ3v) is 2.54. The van der Waals surface area contributed by atoms with E-state index in [1.165, 1.54) is 6.07 Å². The molecule has 0 spiro atoms. The fourth-order valence-corrected chi connectivity index (χ4v) is 1.63. The van der Waals surface area contributed by atoms with Gasteiger partial charge in [-0.2, -0.15) is 5.26 Å². The molecule has 3 heteroatoms. The van der Waals surface area contributed by atoms with Crippen LogP contribution in [-0.2, 0) is 6.42 Å². The molecule has 14 heavy (non-hydrogen) atoms. The quantitative estimate of drug-likeness (QED) is 0.791. The first kappa shape index (κ1) is 11.2. The lowest BCUT2D eigenvalue weighted by Gasteiger charge is -2.14. The molecule has 0 fully saturated rings. The summed E-state index contributed by atoms with van der Waals surface area (Å²) in [6, 6.07) is 7.05. The number of hydrogen-bond donors (Lipinski definition) is 0. The van der Waals surface area contributed by atoms with Gasteiger partial charge in [0.25, 0.3) is 0 Å². The largest absolute Gasteiger partial charge is 0.206 e. The van der Waals surface area contributed by atoms with Crippen molar-refractivity contribution in [1.82, 2.24) is 0 Å². The van der Waals surface area contributed by atoms with E-state index in [0.29, 0.717) is 10.9 Å². The smallest absolute Gasteiger partial charge is 0.137 e. The molecule has 0 aromatic heterocycles. The van der Waals surface area contributed by atoms with Gasteiger partial charge < -0.3 is 0 Å². The normalized spacial score (nSPS) is 11.1. The lowest BCUT2D eigenvalue weighted by Crippen LogP contribution is -2.11. The zero-order chi connectivity index (χ0) is 10.8. The molecule has 1 rings (SSSR count). The van der Waals surface area contributed by atoms with Gasteiger partial charge in [-0.3, -0.25) is 0 Å². The number of hydrogen-bond acceptors (Lipinski definition) is 1. The maximum Gasteiger partial charge on any atom is 0.137 e. The van der Waals surface area contributed by atoms with E-state index in [-0.39, 0.29) is 5.82 Å². The SMILES string of the molecule is CC(C)(C#N)Cc1ccc(F)c(Br)c1. The Balaban J connectivity index is 2.90.